The molecule has 1 aromatic carbocycles. The van der Waals surface area contributed by atoms with Crippen LogP contribution in [0.4, 0.5) is 0 Å². The van der Waals surface area contributed by atoms with Gasteiger partial charge in [0, 0.05) is 12.7 Å². The predicted molar refractivity (Wildman–Crippen MR) is 106 cm³/mol. The highest BCUT2D eigenvalue weighted by molar-refractivity contribution is 7.99. The second kappa shape index (κ2) is 10.0. The van der Waals surface area contributed by atoms with Gasteiger partial charge < -0.3 is 24.1 Å². The van der Waals surface area contributed by atoms with E-state index in [1.807, 2.05) is 30.3 Å². The van der Waals surface area contributed by atoms with Gasteiger partial charge in [0.25, 0.3) is 5.91 Å². The van der Waals surface area contributed by atoms with Crippen LogP contribution < -0.4 is 10.1 Å². The molecule has 0 aliphatic carbocycles. The Hall–Kier alpha value is -2.94. The van der Waals surface area contributed by atoms with E-state index < -0.39 is 24.5 Å². The van der Waals surface area contributed by atoms with Crippen LogP contribution in [0.1, 0.15) is 18.1 Å². The molecule has 154 valence electrons. The summed E-state index contributed by atoms with van der Waals surface area (Å²) in [6.45, 7) is 1.56. The Morgan fingerprint density at radius 2 is 2.00 bits per heavy atom. The fourth-order valence-electron chi connectivity index (χ4n) is 2.88. The van der Waals surface area contributed by atoms with Gasteiger partial charge in [0.15, 0.2) is 6.61 Å². The summed E-state index contributed by atoms with van der Waals surface area (Å²) in [7, 11) is 0. The van der Waals surface area contributed by atoms with Crippen molar-refractivity contribution in [2.75, 3.05) is 25.5 Å². The molecule has 0 spiro atoms. The van der Waals surface area contributed by atoms with Crippen molar-refractivity contribution >= 4 is 29.5 Å². The average molecular weight is 418 g/mol. The minimum Gasteiger partial charge on any atom is -0.492 e. The lowest BCUT2D eigenvalue weighted by atomic mass is 10.2. The molecule has 1 saturated heterocycles. The van der Waals surface area contributed by atoms with Gasteiger partial charge in [0.05, 0.1) is 12.8 Å². The SMILES string of the molecule is CC(=O)N1[C@@H](C(=O)OCC(=O)NCCOc2ccccc2)CS[C@@H]1c1ccco1. The molecule has 0 radical (unpaired) electrons. The third-order valence-corrected chi connectivity index (χ3v) is 5.49. The normalized spacial score (nSPS) is 18.3. The minimum atomic E-state index is -0.762. The van der Waals surface area contributed by atoms with Gasteiger partial charge in [-0.2, -0.15) is 0 Å². The lowest BCUT2D eigenvalue weighted by molar-refractivity contribution is -0.156. The Kier molecular flexibility index (Phi) is 7.18. The average Bonchev–Trinajstić information content (AvgIpc) is 3.39. The molecule has 2 aromatic rings. The van der Waals surface area contributed by atoms with Crippen molar-refractivity contribution < 1.29 is 28.3 Å². The standard InChI is InChI=1S/C20H22N2O6S/c1-14(23)22-16(13-29-19(22)17-8-5-10-27-17)20(25)28-12-18(24)21-9-11-26-15-6-3-2-4-7-15/h2-8,10,16,19H,9,11-13H2,1H3,(H,21,24)/t16-,19-/m1/s1. The van der Waals surface area contributed by atoms with Crippen molar-refractivity contribution in [2.24, 2.45) is 0 Å². The van der Waals surface area contributed by atoms with E-state index in [1.165, 1.54) is 29.8 Å². The molecule has 29 heavy (non-hydrogen) atoms. The van der Waals surface area contributed by atoms with E-state index in [9.17, 15) is 14.4 Å². The minimum absolute atomic E-state index is 0.263. The van der Waals surface area contributed by atoms with Crippen molar-refractivity contribution in [1.29, 1.82) is 0 Å². The highest BCUT2D eigenvalue weighted by Gasteiger charge is 2.43. The summed E-state index contributed by atoms with van der Waals surface area (Å²) >= 11 is 1.42. The number of nitrogens with zero attached hydrogens (tertiary/aromatic N) is 1. The lowest BCUT2D eigenvalue weighted by Gasteiger charge is -2.25. The number of para-hydroxylation sites is 1. The summed E-state index contributed by atoms with van der Waals surface area (Å²) < 4.78 is 16.0. The lowest BCUT2D eigenvalue weighted by Crippen LogP contribution is -2.43. The smallest absolute Gasteiger partial charge is 0.330 e. The number of thioether (sulfide) groups is 1. The van der Waals surface area contributed by atoms with E-state index in [-0.39, 0.29) is 17.8 Å². The number of hydrogen-bond acceptors (Lipinski definition) is 7. The molecular formula is C20H22N2O6S. The van der Waals surface area contributed by atoms with Crippen LogP contribution in [-0.2, 0) is 19.1 Å². The van der Waals surface area contributed by atoms with E-state index in [0.29, 0.717) is 23.9 Å². The number of nitrogens with one attached hydrogen (secondary N) is 1. The number of carbonyl (C=O) groups excluding carboxylic acids is 3. The molecule has 1 N–H and O–H groups in total. The summed E-state index contributed by atoms with van der Waals surface area (Å²) in [5.74, 6) is 0.367. The van der Waals surface area contributed by atoms with Crippen molar-refractivity contribution in [3.8, 4) is 5.75 Å². The Labute approximate surface area is 172 Å². The second-order valence-electron chi connectivity index (χ2n) is 6.26. The highest BCUT2D eigenvalue weighted by atomic mass is 32.2. The Balaban J connectivity index is 1.42. The number of esters is 1. The molecule has 0 saturated carbocycles. The largest absolute Gasteiger partial charge is 0.492 e. The number of rotatable bonds is 8. The van der Waals surface area contributed by atoms with Crippen molar-refractivity contribution in [3.05, 3.63) is 54.5 Å². The molecule has 0 bridgehead atoms. The van der Waals surface area contributed by atoms with Gasteiger partial charge in [-0.1, -0.05) is 18.2 Å². The first kappa shape index (κ1) is 20.8. The molecule has 1 aliphatic heterocycles. The summed E-state index contributed by atoms with van der Waals surface area (Å²) in [5, 5.41) is 2.24. The van der Waals surface area contributed by atoms with E-state index >= 15 is 0 Å². The first-order chi connectivity index (χ1) is 14.1. The van der Waals surface area contributed by atoms with Gasteiger partial charge in [-0.3, -0.25) is 9.59 Å². The maximum atomic E-state index is 12.4. The topological polar surface area (TPSA) is 98.1 Å². The monoisotopic (exact) mass is 418 g/mol. The first-order valence-electron chi connectivity index (χ1n) is 9.11. The van der Waals surface area contributed by atoms with Gasteiger partial charge >= 0.3 is 5.97 Å². The zero-order valence-corrected chi connectivity index (χ0v) is 16.7. The molecule has 2 heterocycles. The number of hydrogen-bond donors (Lipinski definition) is 1. The van der Waals surface area contributed by atoms with E-state index in [4.69, 9.17) is 13.9 Å². The maximum Gasteiger partial charge on any atom is 0.330 e. The fraction of sp³-hybridized carbons (Fsp3) is 0.350. The van der Waals surface area contributed by atoms with Crippen LogP contribution in [0.5, 0.6) is 5.75 Å². The van der Waals surface area contributed by atoms with Crippen molar-refractivity contribution in [3.63, 3.8) is 0 Å². The molecule has 3 rings (SSSR count). The van der Waals surface area contributed by atoms with Crippen LogP contribution in [0.3, 0.4) is 0 Å². The van der Waals surface area contributed by atoms with Gasteiger partial charge in [0.1, 0.15) is 29.5 Å². The zero-order chi connectivity index (χ0) is 20.6. The van der Waals surface area contributed by atoms with Crippen LogP contribution in [0, 0.1) is 0 Å². The van der Waals surface area contributed by atoms with Crippen molar-refractivity contribution in [2.45, 2.75) is 18.3 Å². The number of amides is 2. The van der Waals surface area contributed by atoms with Crippen LogP contribution >= 0.6 is 11.8 Å². The Bertz CT molecular complexity index is 827. The Morgan fingerprint density at radius 1 is 1.21 bits per heavy atom. The molecular weight excluding hydrogens is 396 g/mol. The summed E-state index contributed by atoms with van der Waals surface area (Å²) in [6, 6.07) is 12.0. The van der Waals surface area contributed by atoms with Crippen LogP contribution in [0.2, 0.25) is 0 Å². The number of furan rings is 1. The molecule has 1 aromatic heterocycles. The summed E-state index contributed by atoms with van der Waals surface area (Å²) in [5.41, 5.74) is 0. The zero-order valence-electron chi connectivity index (χ0n) is 15.9. The second-order valence-corrected chi connectivity index (χ2v) is 7.38. The summed E-state index contributed by atoms with van der Waals surface area (Å²) in [6.07, 6.45) is 1.52. The molecule has 1 fully saturated rings. The quantitative estimate of drug-likeness (QED) is 0.517. The van der Waals surface area contributed by atoms with Crippen LogP contribution in [-0.4, -0.2) is 54.2 Å². The third kappa shape index (κ3) is 5.54. The number of ether oxygens (including phenoxy) is 2. The van der Waals surface area contributed by atoms with Gasteiger partial charge in [0.2, 0.25) is 5.91 Å². The third-order valence-electron chi connectivity index (χ3n) is 4.20. The molecule has 8 nitrogen and oxygen atoms in total. The highest BCUT2D eigenvalue weighted by Crippen LogP contribution is 2.41. The van der Waals surface area contributed by atoms with Crippen LogP contribution in [0.15, 0.2) is 53.1 Å². The van der Waals surface area contributed by atoms with Gasteiger partial charge in [-0.25, -0.2) is 4.79 Å². The van der Waals surface area contributed by atoms with Gasteiger partial charge in [-0.05, 0) is 24.3 Å². The van der Waals surface area contributed by atoms with E-state index in [2.05, 4.69) is 5.32 Å². The molecule has 1 aliphatic rings. The molecule has 9 heteroatoms. The van der Waals surface area contributed by atoms with E-state index in [0.717, 1.165) is 0 Å². The maximum absolute atomic E-state index is 12.4. The molecule has 0 unspecified atom stereocenters. The van der Waals surface area contributed by atoms with Crippen LogP contribution in [0.25, 0.3) is 0 Å². The van der Waals surface area contributed by atoms with Gasteiger partial charge in [-0.15, -0.1) is 11.8 Å². The molecule has 2 amide bonds. The van der Waals surface area contributed by atoms with Crippen molar-refractivity contribution in [1.82, 2.24) is 10.2 Å². The summed E-state index contributed by atoms with van der Waals surface area (Å²) in [4.78, 5) is 37.8. The number of carbonyl (C=O) groups is 3. The predicted octanol–water partition coefficient (Wildman–Crippen LogP) is 1.98. The first-order valence-corrected chi connectivity index (χ1v) is 10.2. The number of benzene rings is 1. The molecule has 2 atom stereocenters. The fourth-order valence-corrected chi connectivity index (χ4v) is 4.30. The Morgan fingerprint density at radius 3 is 2.69 bits per heavy atom. The van der Waals surface area contributed by atoms with E-state index in [1.54, 1.807) is 12.1 Å².